The molecule has 1 N–H and O–H groups in total. The smallest absolute Gasteiger partial charge is 0.330 e. The van der Waals surface area contributed by atoms with Crippen LogP contribution in [-0.4, -0.2) is 28.4 Å². The van der Waals surface area contributed by atoms with Crippen LogP contribution in [0.25, 0.3) is 0 Å². The van der Waals surface area contributed by atoms with Gasteiger partial charge in [-0.25, -0.2) is 4.79 Å². The van der Waals surface area contributed by atoms with Gasteiger partial charge in [0.1, 0.15) is 18.4 Å². The fourth-order valence-corrected chi connectivity index (χ4v) is 3.61. The van der Waals surface area contributed by atoms with Crippen LogP contribution in [0.5, 0.6) is 0 Å². The molecule has 3 aliphatic rings. The molecule has 102 valence electrons. The molecule has 8 heteroatoms. The Bertz CT molecular complexity index is 622. The van der Waals surface area contributed by atoms with Crippen LogP contribution in [-0.2, 0) is 13.1 Å². The Labute approximate surface area is 112 Å². The quantitative estimate of drug-likeness (QED) is 0.741. The molecule has 0 amide bonds. The van der Waals surface area contributed by atoms with E-state index in [0.29, 0.717) is 6.61 Å². The van der Waals surface area contributed by atoms with Crippen molar-refractivity contribution in [2.75, 3.05) is 6.61 Å². The minimum Gasteiger partial charge on any atom is -0.349 e. The van der Waals surface area contributed by atoms with E-state index in [1.807, 2.05) is 0 Å². The standard InChI is InChI=1S/C11H12N2O5S/c14-7-1-4-13(10(15)12-7)9-11(2-3-11)8-6(17-9)5-16-19-18-8/h1,4,6,8-9H,2-3,5H2,(H,12,14,15)/t6-,8-,9-/m1/s1. The van der Waals surface area contributed by atoms with Gasteiger partial charge in [0, 0.05) is 17.7 Å². The predicted molar refractivity (Wildman–Crippen MR) is 65.3 cm³/mol. The molecule has 1 aliphatic carbocycles. The molecule has 2 saturated heterocycles. The summed E-state index contributed by atoms with van der Waals surface area (Å²) in [4.78, 5) is 25.3. The average Bonchev–Trinajstić information content (AvgIpc) is 3.11. The number of nitrogens with one attached hydrogen (secondary N) is 1. The van der Waals surface area contributed by atoms with E-state index in [1.165, 1.54) is 16.8 Å². The van der Waals surface area contributed by atoms with Crippen LogP contribution in [0.1, 0.15) is 19.1 Å². The number of nitrogens with zero attached hydrogens (tertiary/aromatic N) is 1. The molecule has 7 nitrogen and oxygen atoms in total. The molecule has 3 heterocycles. The highest BCUT2D eigenvalue weighted by Crippen LogP contribution is 2.64. The maximum Gasteiger partial charge on any atom is 0.330 e. The normalized spacial score (nSPS) is 35.3. The van der Waals surface area contributed by atoms with Crippen LogP contribution >= 0.6 is 12.3 Å². The molecule has 1 spiro atoms. The van der Waals surface area contributed by atoms with Gasteiger partial charge < -0.3 is 4.74 Å². The molecule has 19 heavy (non-hydrogen) atoms. The first-order valence-corrected chi connectivity index (χ1v) is 6.79. The highest BCUT2D eigenvalue weighted by molar-refractivity contribution is 7.89. The van der Waals surface area contributed by atoms with Gasteiger partial charge in [-0.2, -0.15) is 0 Å². The molecule has 0 radical (unpaired) electrons. The molecule has 0 unspecified atom stereocenters. The largest absolute Gasteiger partial charge is 0.349 e. The van der Waals surface area contributed by atoms with Crippen molar-refractivity contribution >= 4 is 12.3 Å². The van der Waals surface area contributed by atoms with E-state index in [4.69, 9.17) is 13.1 Å². The van der Waals surface area contributed by atoms with Gasteiger partial charge in [0.05, 0.1) is 6.61 Å². The van der Waals surface area contributed by atoms with Crippen molar-refractivity contribution in [3.63, 3.8) is 0 Å². The number of hydrogen-bond acceptors (Lipinski definition) is 6. The first-order chi connectivity index (χ1) is 9.21. The number of H-pyrrole nitrogens is 1. The van der Waals surface area contributed by atoms with Crippen LogP contribution in [0, 0.1) is 5.41 Å². The number of fused-ring (bicyclic) bond motifs is 2. The van der Waals surface area contributed by atoms with Gasteiger partial charge in [-0.05, 0) is 12.8 Å². The highest BCUT2D eigenvalue weighted by atomic mass is 32.2. The lowest BCUT2D eigenvalue weighted by molar-refractivity contribution is -0.0487. The van der Waals surface area contributed by atoms with Gasteiger partial charge in [-0.3, -0.25) is 22.7 Å². The summed E-state index contributed by atoms with van der Waals surface area (Å²) < 4.78 is 18.1. The molecule has 1 aromatic heterocycles. The summed E-state index contributed by atoms with van der Waals surface area (Å²) in [6.45, 7) is 0.450. The predicted octanol–water partition coefficient (Wildman–Crippen LogP) is 0.193. The molecule has 2 aliphatic heterocycles. The third-order valence-corrected chi connectivity index (χ3v) is 4.57. The van der Waals surface area contributed by atoms with Gasteiger partial charge in [0.2, 0.25) is 0 Å². The molecular weight excluding hydrogens is 272 g/mol. The van der Waals surface area contributed by atoms with E-state index >= 15 is 0 Å². The fraction of sp³-hybridized carbons (Fsp3) is 0.636. The molecule has 1 aromatic rings. The lowest BCUT2D eigenvalue weighted by Crippen LogP contribution is -2.37. The maximum absolute atomic E-state index is 11.9. The van der Waals surface area contributed by atoms with Crippen LogP contribution in [0.4, 0.5) is 0 Å². The van der Waals surface area contributed by atoms with Crippen molar-refractivity contribution in [3.05, 3.63) is 33.1 Å². The summed E-state index contributed by atoms with van der Waals surface area (Å²) in [5.41, 5.74) is -1.02. The maximum atomic E-state index is 11.9. The number of rotatable bonds is 1. The van der Waals surface area contributed by atoms with E-state index < -0.39 is 17.5 Å². The zero-order valence-corrected chi connectivity index (χ0v) is 10.7. The Kier molecular flexibility index (Phi) is 2.44. The lowest BCUT2D eigenvalue weighted by Gasteiger charge is -2.25. The van der Waals surface area contributed by atoms with Crippen molar-refractivity contribution in [1.29, 1.82) is 0 Å². The van der Waals surface area contributed by atoms with Crippen molar-refractivity contribution in [3.8, 4) is 0 Å². The zero-order chi connectivity index (χ0) is 13.0. The van der Waals surface area contributed by atoms with Crippen LogP contribution < -0.4 is 11.2 Å². The average molecular weight is 284 g/mol. The van der Waals surface area contributed by atoms with Gasteiger partial charge in [-0.15, -0.1) is 0 Å². The Balaban J connectivity index is 1.75. The number of aromatic nitrogens is 2. The van der Waals surface area contributed by atoms with E-state index in [-0.39, 0.29) is 17.6 Å². The van der Waals surface area contributed by atoms with E-state index in [0.717, 1.165) is 25.2 Å². The third-order valence-electron chi connectivity index (χ3n) is 4.05. The second kappa shape index (κ2) is 3.95. The Hall–Kier alpha value is -1.09. The minimum absolute atomic E-state index is 0.0601. The second-order valence-corrected chi connectivity index (χ2v) is 5.71. The van der Waals surface area contributed by atoms with E-state index in [1.54, 1.807) is 0 Å². The zero-order valence-electron chi connectivity index (χ0n) is 9.90. The van der Waals surface area contributed by atoms with Gasteiger partial charge in [0.15, 0.2) is 12.3 Å². The summed E-state index contributed by atoms with van der Waals surface area (Å²) in [6.07, 6.45) is 2.77. The molecule has 3 atom stereocenters. The number of hydrogen-bond donors (Lipinski definition) is 1. The monoisotopic (exact) mass is 284 g/mol. The van der Waals surface area contributed by atoms with Crippen LogP contribution in [0.15, 0.2) is 21.9 Å². The second-order valence-electron chi connectivity index (χ2n) is 5.15. The van der Waals surface area contributed by atoms with Gasteiger partial charge >= 0.3 is 5.69 Å². The summed E-state index contributed by atoms with van der Waals surface area (Å²) in [5.74, 6) is 0. The third kappa shape index (κ3) is 1.64. The molecule has 0 aromatic carbocycles. The first-order valence-electron chi connectivity index (χ1n) is 6.13. The van der Waals surface area contributed by atoms with Crippen LogP contribution in [0.2, 0.25) is 0 Å². The van der Waals surface area contributed by atoms with Crippen molar-refractivity contribution in [2.45, 2.75) is 31.3 Å². The van der Waals surface area contributed by atoms with Crippen molar-refractivity contribution in [1.82, 2.24) is 9.55 Å². The molecule has 1 saturated carbocycles. The van der Waals surface area contributed by atoms with Crippen molar-refractivity contribution in [2.24, 2.45) is 5.41 Å². The van der Waals surface area contributed by atoms with Gasteiger partial charge in [0.25, 0.3) is 5.56 Å². The summed E-state index contributed by atoms with van der Waals surface area (Å²) in [5, 5.41) is 0. The molecule has 4 rings (SSSR count). The molecule has 0 bridgehead atoms. The van der Waals surface area contributed by atoms with E-state index in [2.05, 4.69) is 4.98 Å². The van der Waals surface area contributed by atoms with Gasteiger partial charge in [-0.1, -0.05) is 0 Å². The SMILES string of the molecule is O=c1ccn([C@@H]2O[C@@H]3COSO[C@H]3C23CC3)c(=O)[nH]1. The topological polar surface area (TPSA) is 82.5 Å². The Morgan fingerprint density at radius 2 is 2.26 bits per heavy atom. The summed E-state index contributed by atoms with van der Waals surface area (Å²) >= 11 is 0.992. The highest BCUT2D eigenvalue weighted by Gasteiger charge is 2.66. The lowest BCUT2D eigenvalue weighted by atomic mass is 9.96. The van der Waals surface area contributed by atoms with Crippen molar-refractivity contribution < 1.29 is 13.1 Å². The van der Waals surface area contributed by atoms with E-state index in [9.17, 15) is 9.59 Å². The number of aromatic amines is 1. The van der Waals surface area contributed by atoms with Crippen LogP contribution in [0.3, 0.4) is 0 Å². The summed E-state index contributed by atoms with van der Waals surface area (Å²) in [7, 11) is 0. The Morgan fingerprint density at radius 3 is 3.00 bits per heavy atom. The molecular formula is C11H12N2O5S. The molecule has 3 fully saturated rings. The Morgan fingerprint density at radius 1 is 1.42 bits per heavy atom. The fourth-order valence-electron chi connectivity index (χ4n) is 2.96. The minimum atomic E-state index is -0.448. The number of ether oxygens (including phenoxy) is 1. The first kappa shape index (κ1) is 11.7. The summed E-state index contributed by atoms with van der Waals surface area (Å²) in [6, 6.07) is 1.33.